The summed E-state index contributed by atoms with van der Waals surface area (Å²) in [7, 11) is 3.51. The fraction of sp³-hybridized carbons (Fsp3) is 0.571. The lowest BCUT2D eigenvalue weighted by molar-refractivity contribution is -0.166. The van der Waals surface area contributed by atoms with E-state index in [1.54, 1.807) is 39.5 Å². The molecule has 2 amide bonds. The number of likely N-dealkylation sites (tertiary alicyclic amines) is 2. The Balaban J connectivity index is 1.60. The summed E-state index contributed by atoms with van der Waals surface area (Å²) in [4.78, 5) is 29.2. The summed E-state index contributed by atoms with van der Waals surface area (Å²) in [5.41, 5.74) is 0.787. The van der Waals surface area contributed by atoms with E-state index in [-0.39, 0.29) is 12.5 Å². The van der Waals surface area contributed by atoms with Crippen LogP contribution in [0.4, 0.5) is 8.78 Å². The maximum Gasteiger partial charge on any atom is 0.270 e. The van der Waals surface area contributed by atoms with Gasteiger partial charge >= 0.3 is 0 Å². The molecule has 0 aliphatic carbocycles. The van der Waals surface area contributed by atoms with Crippen molar-refractivity contribution in [3.8, 4) is 0 Å². The third-order valence-corrected chi connectivity index (χ3v) is 6.24. The molecule has 7 nitrogen and oxygen atoms in total. The van der Waals surface area contributed by atoms with Crippen LogP contribution in [0.25, 0.3) is 0 Å². The molecular formula is C21H27F2N5O2. The van der Waals surface area contributed by atoms with Gasteiger partial charge in [0.1, 0.15) is 5.69 Å². The first kappa shape index (κ1) is 20.6. The van der Waals surface area contributed by atoms with E-state index >= 15 is 0 Å². The van der Waals surface area contributed by atoms with Crippen LogP contribution < -0.4 is 0 Å². The van der Waals surface area contributed by atoms with Gasteiger partial charge in [0.15, 0.2) is 0 Å². The molecule has 4 heterocycles. The molecular weight excluding hydrogens is 392 g/mol. The zero-order valence-electron chi connectivity index (χ0n) is 17.6. The number of alkyl halides is 2. The molecule has 2 aliphatic rings. The summed E-state index contributed by atoms with van der Waals surface area (Å²) in [5, 5.41) is 4.30. The minimum absolute atomic E-state index is 0.0202. The molecule has 2 aliphatic heterocycles. The minimum Gasteiger partial charge on any atom is -0.347 e. The molecule has 2 fully saturated rings. The van der Waals surface area contributed by atoms with Gasteiger partial charge in [0.05, 0.1) is 29.9 Å². The number of aromatic nitrogens is 3. The first-order valence-corrected chi connectivity index (χ1v) is 10.2. The highest BCUT2D eigenvalue weighted by atomic mass is 19.3. The van der Waals surface area contributed by atoms with Gasteiger partial charge in [-0.2, -0.15) is 5.10 Å². The molecule has 0 unspecified atom stereocenters. The quantitative estimate of drug-likeness (QED) is 0.767. The van der Waals surface area contributed by atoms with Crippen LogP contribution in [-0.2, 0) is 25.4 Å². The Morgan fingerprint density at radius 2 is 2.03 bits per heavy atom. The molecule has 0 aromatic carbocycles. The van der Waals surface area contributed by atoms with Crippen LogP contribution in [0.3, 0.4) is 0 Å². The van der Waals surface area contributed by atoms with Gasteiger partial charge < -0.3 is 14.4 Å². The fourth-order valence-corrected chi connectivity index (χ4v) is 4.92. The van der Waals surface area contributed by atoms with E-state index in [1.165, 1.54) is 0 Å². The average molecular weight is 419 g/mol. The normalized spacial score (nSPS) is 24.0. The van der Waals surface area contributed by atoms with Crippen molar-refractivity contribution in [2.75, 3.05) is 19.6 Å². The largest absolute Gasteiger partial charge is 0.347 e. The molecule has 0 bridgehead atoms. The highest BCUT2D eigenvalue weighted by Gasteiger charge is 2.56. The van der Waals surface area contributed by atoms with Crippen molar-refractivity contribution in [1.82, 2.24) is 24.1 Å². The zero-order valence-corrected chi connectivity index (χ0v) is 17.6. The minimum atomic E-state index is -3.11. The Labute approximate surface area is 174 Å². The lowest BCUT2D eigenvalue weighted by atomic mass is 9.71. The molecule has 0 N–H and O–H groups in total. The lowest BCUT2D eigenvalue weighted by Crippen LogP contribution is -2.62. The summed E-state index contributed by atoms with van der Waals surface area (Å²) in [6.45, 7) is 2.08. The van der Waals surface area contributed by atoms with Gasteiger partial charge in [-0.15, -0.1) is 0 Å². The number of rotatable bonds is 3. The maximum absolute atomic E-state index is 14.8. The molecule has 162 valence electrons. The van der Waals surface area contributed by atoms with Crippen molar-refractivity contribution < 1.29 is 18.4 Å². The number of carbonyl (C=O) groups is 2. The van der Waals surface area contributed by atoms with Crippen molar-refractivity contribution in [3.63, 3.8) is 0 Å². The molecule has 0 radical (unpaired) electrons. The first-order valence-electron chi connectivity index (χ1n) is 10.2. The number of piperidine rings is 2. The van der Waals surface area contributed by atoms with E-state index in [9.17, 15) is 18.4 Å². The van der Waals surface area contributed by atoms with Crippen molar-refractivity contribution in [2.24, 2.45) is 19.5 Å². The molecule has 2 saturated heterocycles. The second-order valence-electron chi connectivity index (χ2n) is 8.71. The standard InChI is InChI=1S/C21H27F2N5O2/c1-15-10-16(26(3)24-15)11-27-9-5-7-20(19(27)30)12-21(22,23)14-28(13-20)18(29)17-6-4-8-25(17)2/h4,6,8,10H,5,7,9,11-14H2,1-3H3/t20-/m1/s1. The number of amides is 2. The van der Waals surface area contributed by atoms with Crippen molar-refractivity contribution in [1.29, 1.82) is 0 Å². The highest BCUT2D eigenvalue weighted by molar-refractivity contribution is 5.94. The molecule has 1 spiro atoms. The first-order chi connectivity index (χ1) is 14.1. The Kier molecular flexibility index (Phi) is 4.94. The van der Waals surface area contributed by atoms with Crippen LogP contribution in [0.2, 0.25) is 0 Å². The van der Waals surface area contributed by atoms with Gasteiger partial charge in [-0.05, 0) is 38.0 Å². The Morgan fingerprint density at radius 3 is 2.67 bits per heavy atom. The van der Waals surface area contributed by atoms with Gasteiger partial charge in [-0.1, -0.05) is 0 Å². The fourth-order valence-electron chi connectivity index (χ4n) is 4.92. The number of nitrogens with zero attached hydrogens (tertiary/aromatic N) is 5. The van der Waals surface area contributed by atoms with Crippen molar-refractivity contribution in [2.45, 2.75) is 38.7 Å². The van der Waals surface area contributed by atoms with Crippen LogP contribution in [0.5, 0.6) is 0 Å². The van der Waals surface area contributed by atoms with Gasteiger partial charge in [-0.25, -0.2) is 8.78 Å². The monoisotopic (exact) mass is 419 g/mol. The molecule has 30 heavy (non-hydrogen) atoms. The number of hydrogen-bond acceptors (Lipinski definition) is 3. The number of carbonyl (C=O) groups excluding carboxylic acids is 2. The zero-order chi connectivity index (χ0) is 21.7. The molecule has 2 aromatic heterocycles. The topological polar surface area (TPSA) is 63.4 Å². The lowest BCUT2D eigenvalue weighted by Gasteiger charge is -2.49. The summed E-state index contributed by atoms with van der Waals surface area (Å²) in [5.74, 6) is -3.87. The highest BCUT2D eigenvalue weighted by Crippen LogP contribution is 2.45. The average Bonchev–Trinajstić information content (AvgIpc) is 3.22. The Bertz CT molecular complexity index is 982. The van der Waals surface area contributed by atoms with E-state index in [4.69, 9.17) is 0 Å². The van der Waals surface area contributed by atoms with Gasteiger partial charge in [0.25, 0.3) is 11.8 Å². The number of aryl methyl sites for hydroxylation is 3. The van der Waals surface area contributed by atoms with Crippen LogP contribution in [0, 0.1) is 12.3 Å². The molecule has 1 atom stereocenters. The van der Waals surface area contributed by atoms with Gasteiger partial charge in [0.2, 0.25) is 5.91 Å². The molecule has 0 saturated carbocycles. The second kappa shape index (κ2) is 7.21. The summed E-state index contributed by atoms with van der Waals surface area (Å²) < 4.78 is 32.9. The van der Waals surface area contributed by atoms with Crippen molar-refractivity contribution in [3.05, 3.63) is 41.5 Å². The van der Waals surface area contributed by atoms with Gasteiger partial charge in [0, 0.05) is 39.8 Å². The summed E-state index contributed by atoms with van der Waals surface area (Å²) >= 11 is 0. The van der Waals surface area contributed by atoms with Crippen LogP contribution in [0.1, 0.15) is 41.1 Å². The third-order valence-electron chi connectivity index (χ3n) is 6.24. The van der Waals surface area contributed by atoms with Crippen LogP contribution in [0.15, 0.2) is 24.4 Å². The number of halogens is 2. The van der Waals surface area contributed by atoms with E-state index < -0.39 is 30.2 Å². The van der Waals surface area contributed by atoms with E-state index in [1.807, 2.05) is 20.0 Å². The van der Waals surface area contributed by atoms with Crippen molar-refractivity contribution >= 4 is 11.8 Å². The number of hydrogen-bond donors (Lipinski definition) is 0. The smallest absolute Gasteiger partial charge is 0.270 e. The van der Waals surface area contributed by atoms with Crippen LogP contribution >= 0.6 is 0 Å². The molecule has 2 aromatic rings. The Morgan fingerprint density at radius 1 is 1.27 bits per heavy atom. The van der Waals surface area contributed by atoms with E-state index in [0.717, 1.165) is 16.3 Å². The molecule has 4 rings (SSSR count). The van der Waals surface area contributed by atoms with Crippen LogP contribution in [-0.4, -0.2) is 61.5 Å². The summed E-state index contributed by atoms with van der Waals surface area (Å²) in [6, 6.07) is 5.21. The third kappa shape index (κ3) is 3.61. The predicted octanol–water partition coefficient (Wildman–Crippen LogP) is 2.36. The van der Waals surface area contributed by atoms with E-state index in [2.05, 4.69) is 5.10 Å². The second-order valence-corrected chi connectivity index (χ2v) is 8.71. The SMILES string of the molecule is Cc1cc(CN2CCC[C@@]3(CN(C(=O)c4cccn4C)CC(F)(F)C3)C2=O)n(C)n1. The van der Waals surface area contributed by atoms with Gasteiger partial charge in [-0.3, -0.25) is 14.3 Å². The molecule has 9 heteroatoms. The Hall–Kier alpha value is -2.71. The predicted molar refractivity (Wildman–Crippen MR) is 106 cm³/mol. The summed E-state index contributed by atoms with van der Waals surface area (Å²) in [6.07, 6.45) is 2.18. The van der Waals surface area contributed by atoms with E-state index in [0.29, 0.717) is 31.6 Å². The maximum atomic E-state index is 14.8.